The first-order valence-corrected chi connectivity index (χ1v) is 6.29. The summed E-state index contributed by atoms with van der Waals surface area (Å²) in [5.74, 6) is 0. The van der Waals surface area contributed by atoms with Gasteiger partial charge in [-0.15, -0.1) is 6.58 Å². The lowest BCUT2D eigenvalue weighted by Crippen LogP contribution is -2.48. The topological polar surface area (TPSA) is 15.3 Å². The van der Waals surface area contributed by atoms with E-state index in [-0.39, 0.29) is 5.54 Å². The third kappa shape index (κ3) is 6.29. The molecule has 0 bridgehead atoms. The zero-order chi connectivity index (χ0) is 12.8. The summed E-state index contributed by atoms with van der Waals surface area (Å²) in [6, 6.07) is 0. The molecule has 0 spiro atoms. The first-order valence-electron chi connectivity index (χ1n) is 6.29. The number of nitrogens with one attached hydrogen (secondary N) is 1. The van der Waals surface area contributed by atoms with Crippen molar-refractivity contribution in [3.8, 4) is 0 Å². The Morgan fingerprint density at radius 2 is 1.75 bits per heavy atom. The van der Waals surface area contributed by atoms with Crippen LogP contribution in [-0.2, 0) is 0 Å². The molecule has 1 N–H and O–H groups in total. The Bertz CT molecular complexity index is 201. The number of hydrogen-bond donors (Lipinski definition) is 1. The van der Waals surface area contributed by atoms with E-state index in [1.54, 1.807) is 0 Å². The molecule has 96 valence electrons. The minimum Gasteiger partial charge on any atom is -0.316 e. The average Bonchev–Trinajstić information content (AvgIpc) is 2.12. The zero-order valence-electron chi connectivity index (χ0n) is 12.1. The number of hydrogen-bond acceptors (Lipinski definition) is 2. The van der Waals surface area contributed by atoms with Gasteiger partial charge in [-0.25, -0.2) is 0 Å². The van der Waals surface area contributed by atoms with E-state index in [1.807, 2.05) is 6.08 Å². The highest BCUT2D eigenvalue weighted by Crippen LogP contribution is 2.22. The summed E-state index contributed by atoms with van der Waals surface area (Å²) >= 11 is 0. The molecule has 0 rings (SSSR count). The van der Waals surface area contributed by atoms with Crippen molar-refractivity contribution in [1.82, 2.24) is 10.2 Å². The van der Waals surface area contributed by atoms with Crippen LogP contribution in [0.1, 0.15) is 41.5 Å². The van der Waals surface area contributed by atoms with Crippen LogP contribution < -0.4 is 5.32 Å². The molecule has 0 aliphatic carbocycles. The summed E-state index contributed by atoms with van der Waals surface area (Å²) in [4.78, 5) is 2.48. The molecule has 0 amide bonds. The lowest BCUT2D eigenvalue weighted by molar-refractivity contribution is 0.0973. The predicted molar refractivity (Wildman–Crippen MR) is 73.8 cm³/mol. The Balaban J connectivity index is 4.43. The van der Waals surface area contributed by atoms with Crippen molar-refractivity contribution in [2.45, 2.75) is 47.1 Å². The third-order valence-corrected chi connectivity index (χ3v) is 2.77. The maximum Gasteiger partial charge on any atom is 0.0166 e. The molecular formula is C14H30N2. The zero-order valence-corrected chi connectivity index (χ0v) is 12.1. The van der Waals surface area contributed by atoms with E-state index >= 15 is 0 Å². The standard InChI is InChI=1S/C14H30N2/c1-8-10-16(13(3,4)5)12-14(6,7)11-15-9-2/h8,15H,1,9-12H2,2-7H3. The average molecular weight is 226 g/mol. The van der Waals surface area contributed by atoms with Crippen LogP contribution in [0, 0.1) is 5.41 Å². The van der Waals surface area contributed by atoms with Crippen LogP contribution in [0.25, 0.3) is 0 Å². The minimum absolute atomic E-state index is 0.206. The Kier molecular flexibility index (Phi) is 6.27. The van der Waals surface area contributed by atoms with Gasteiger partial charge in [0.15, 0.2) is 0 Å². The molecule has 0 aromatic heterocycles. The molecular weight excluding hydrogens is 196 g/mol. The normalized spacial score (nSPS) is 13.2. The molecule has 16 heavy (non-hydrogen) atoms. The smallest absolute Gasteiger partial charge is 0.0166 e. The first-order chi connectivity index (χ1) is 7.23. The van der Waals surface area contributed by atoms with Crippen LogP contribution in [0.2, 0.25) is 0 Å². The van der Waals surface area contributed by atoms with Crippen LogP contribution >= 0.6 is 0 Å². The van der Waals surface area contributed by atoms with Crippen LogP contribution in [0.5, 0.6) is 0 Å². The fraction of sp³-hybridized carbons (Fsp3) is 0.857. The molecule has 0 aliphatic heterocycles. The SMILES string of the molecule is C=CCN(CC(C)(C)CNCC)C(C)(C)C. The van der Waals surface area contributed by atoms with Gasteiger partial charge >= 0.3 is 0 Å². The number of rotatable bonds is 7. The van der Waals surface area contributed by atoms with Gasteiger partial charge in [-0.05, 0) is 32.7 Å². The van der Waals surface area contributed by atoms with E-state index in [1.165, 1.54) is 0 Å². The summed E-state index contributed by atoms with van der Waals surface area (Å²) in [7, 11) is 0. The quantitative estimate of drug-likeness (QED) is 0.672. The van der Waals surface area contributed by atoms with E-state index in [4.69, 9.17) is 0 Å². The summed E-state index contributed by atoms with van der Waals surface area (Å²) in [5, 5.41) is 3.43. The van der Waals surface area contributed by atoms with E-state index < -0.39 is 0 Å². The lowest BCUT2D eigenvalue weighted by Gasteiger charge is -2.40. The molecule has 0 aliphatic rings. The second-order valence-corrected chi connectivity index (χ2v) is 6.28. The van der Waals surface area contributed by atoms with Gasteiger partial charge in [-0.1, -0.05) is 26.8 Å². The van der Waals surface area contributed by atoms with E-state index in [0.29, 0.717) is 5.41 Å². The second kappa shape index (κ2) is 6.41. The Labute approximate surface area is 102 Å². The van der Waals surface area contributed by atoms with Gasteiger partial charge in [-0.3, -0.25) is 4.90 Å². The van der Waals surface area contributed by atoms with E-state index in [2.05, 4.69) is 58.3 Å². The summed E-state index contributed by atoms with van der Waals surface area (Å²) in [6.45, 7) is 21.6. The van der Waals surface area contributed by atoms with Crippen LogP contribution in [0.3, 0.4) is 0 Å². The highest BCUT2D eigenvalue weighted by atomic mass is 15.2. The summed E-state index contributed by atoms with van der Waals surface area (Å²) < 4.78 is 0. The predicted octanol–water partition coefficient (Wildman–Crippen LogP) is 2.91. The highest BCUT2D eigenvalue weighted by Gasteiger charge is 2.27. The van der Waals surface area contributed by atoms with Crippen molar-refractivity contribution in [3.05, 3.63) is 12.7 Å². The molecule has 2 nitrogen and oxygen atoms in total. The van der Waals surface area contributed by atoms with Crippen molar-refractivity contribution in [1.29, 1.82) is 0 Å². The highest BCUT2D eigenvalue weighted by molar-refractivity contribution is 4.87. The van der Waals surface area contributed by atoms with Crippen LogP contribution in [-0.4, -0.2) is 36.6 Å². The van der Waals surface area contributed by atoms with Crippen molar-refractivity contribution in [3.63, 3.8) is 0 Å². The largest absolute Gasteiger partial charge is 0.316 e. The molecule has 0 aromatic rings. The van der Waals surface area contributed by atoms with Gasteiger partial charge in [-0.2, -0.15) is 0 Å². The van der Waals surface area contributed by atoms with Crippen molar-refractivity contribution < 1.29 is 0 Å². The third-order valence-electron chi connectivity index (χ3n) is 2.77. The maximum absolute atomic E-state index is 3.85. The molecule has 0 fully saturated rings. The molecule has 0 aromatic carbocycles. The van der Waals surface area contributed by atoms with Gasteiger partial charge in [0.1, 0.15) is 0 Å². The monoisotopic (exact) mass is 226 g/mol. The number of nitrogens with zero attached hydrogens (tertiary/aromatic N) is 1. The van der Waals surface area contributed by atoms with Gasteiger partial charge in [0.25, 0.3) is 0 Å². The lowest BCUT2D eigenvalue weighted by atomic mass is 9.90. The van der Waals surface area contributed by atoms with Crippen LogP contribution in [0.15, 0.2) is 12.7 Å². The fourth-order valence-corrected chi connectivity index (χ4v) is 1.77. The molecule has 2 heteroatoms. The van der Waals surface area contributed by atoms with E-state index in [0.717, 1.165) is 26.2 Å². The molecule has 0 atom stereocenters. The molecule has 0 heterocycles. The second-order valence-electron chi connectivity index (χ2n) is 6.28. The summed E-state index contributed by atoms with van der Waals surface area (Å²) in [5.41, 5.74) is 0.504. The fourth-order valence-electron chi connectivity index (χ4n) is 1.77. The Hall–Kier alpha value is -0.340. The van der Waals surface area contributed by atoms with Gasteiger partial charge in [0, 0.05) is 25.2 Å². The minimum atomic E-state index is 0.206. The van der Waals surface area contributed by atoms with Crippen molar-refractivity contribution in [2.75, 3.05) is 26.2 Å². The van der Waals surface area contributed by atoms with Gasteiger partial charge in [0.2, 0.25) is 0 Å². The Morgan fingerprint density at radius 3 is 2.12 bits per heavy atom. The van der Waals surface area contributed by atoms with Crippen molar-refractivity contribution in [2.24, 2.45) is 5.41 Å². The molecule has 0 saturated carbocycles. The van der Waals surface area contributed by atoms with Crippen LogP contribution in [0.4, 0.5) is 0 Å². The Morgan fingerprint density at radius 1 is 1.19 bits per heavy atom. The van der Waals surface area contributed by atoms with E-state index in [9.17, 15) is 0 Å². The molecule has 0 unspecified atom stereocenters. The van der Waals surface area contributed by atoms with Gasteiger partial charge in [0.05, 0.1) is 0 Å². The van der Waals surface area contributed by atoms with Gasteiger partial charge < -0.3 is 5.32 Å². The first kappa shape index (κ1) is 15.7. The molecule has 0 radical (unpaired) electrons. The summed E-state index contributed by atoms with van der Waals surface area (Å²) in [6.07, 6.45) is 1.99. The van der Waals surface area contributed by atoms with Crippen molar-refractivity contribution >= 4 is 0 Å². The maximum atomic E-state index is 3.85. The molecule has 0 saturated heterocycles.